The van der Waals surface area contributed by atoms with Crippen LogP contribution in [0.2, 0.25) is 0 Å². The van der Waals surface area contributed by atoms with Crippen LogP contribution in [-0.2, 0) is 4.74 Å². The zero-order valence-corrected chi connectivity index (χ0v) is 19.4. The molecular formula is C27H26N6O2. The summed E-state index contributed by atoms with van der Waals surface area (Å²) in [6, 6.07) is 24.5. The Morgan fingerprint density at radius 2 is 1.66 bits per heavy atom. The van der Waals surface area contributed by atoms with Crippen LogP contribution in [0.4, 0.5) is 11.4 Å². The highest BCUT2D eigenvalue weighted by Gasteiger charge is 2.33. The van der Waals surface area contributed by atoms with Gasteiger partial charge in [0.1, 0.15) is 17.6 Å². The van der Waals surface area contributed by atoms with Crippen molar-refractivity contribution in [3.63, 3.8) is 0 Å². The second kappa shape index (κ2) is 8.88. The molecule has 2 N–H and O–H groups in total. The van der Waals surface area contributed by atoms with Gasteiger partial charge in [0.2, 0.25) is 0 Å². The molecule has 1 atom stereocenters. The molecule has 1 fully saturated rings. The monoisotopic (exact) mass is 466 g/mol. The second-order valence-corrected chi connectivity index (χ2v) is 8.79. The van der Waals surface area contributed by atoms with Crippen molar-refractivity contribution in [3.05, 3.63) is 84.1 Å². The highest BCUT2D eigenvalue weighted by atomic mass is 16.5. The van der Waals surface area contributed by atoms with E-state index in [0.29, 0.717) is 17.0 Å². The number of aromatic amines is 1. The molecule has 35 heavy (non-hydrogen) atoms. The third kappa shape index (κ3) is 3.91. The van der Waals surface area contributed by atoms with E-state index < -0.39 is 6.17 Å². The number of anilines is 2. The molecule has 0 saturated carbocycles. The number of aromatic nitrogens is 3. The summed E-state index contributed by atoms with van der Waals surface area (Å²) in [5, 5.41) is 14.7. The van der Waals surface area contributed by atoms with E-state index >= 15 is 0 Å². The van der Waals surface area contributed by atoms with E-state index in [2.05, 4.69) is 62.0 Å². The van der Waals surface area contributed by atoms with Gasteiger partial charge < -0.3 is 19.9 Å². The first-order chi connectivity index (χ1) is 17.2. The van der Waals surface area contributed by atoms with Gasteiger partial charge in [-0.15, -0.1) is 0 Å². The largest absolute Gasteiger partial charge is 0.378 e. The van der Waals surface area contributed by atoms with E-state index in [1.165, 1.54) is 5.69 Å². The molecule has 0 bridgehead atoms. The average molecular weight is 467 g/mol. The molecule has 0 aliphatic carbocycles. The molecular weight excluding hydrogens is 440 g/mol. The molecule has 0 spiro atoms. The molecule has 1 saturated heterocycles. The SMILES string of the molecule is CN1c2ccccc2C(=O)NC1c1n[nH]nc1-c1cccc(-c2ccc(N3CCOCC3)cc2)c1. The van der Waals surface area contributed by atoms with E-state index in [4.69, 9.17) is 4.74 Å². The quantitative estimate of drug-likeness (QED) is 0.475. The van der Waals surface area contributed by atoms with E-state index in [1.807, 2.05) is 48.3 Å². The molecule has 2 aliphatic heterocycles. The minimum Gasteiger partial charge on any atom is -0.378 e. The van der Waals surface area contributed by atoms with Crippen molar-refractivity contribution in [1.82, 2.24) is 20.7 Å². The summed E-state index contributed by atoms with van der Waals surface area (Å²) in [6.45, 7) is 3.37. The van der Waals surface area contributed by atoms with E-state index in [0.717, 1.165) is 48.7 Å². The number of H-pyrrole nitrogens is 1. The van der Waals surface area contributed by atoms with Gasteiger partial charge in [-0.3, -0.25) is 4.79 Å². The minimum atomic E-state index is -0.428. The normalized spacial score (nSPS) is 17.7. The van der Waals surface area contributed by atoms with E-state index in [9.17, 15) is 4.79 Å². The smallest absolute Gasteiger partial charge is 0.255 e. The molecule has 6 rings (SSSR count). The number of amides is 1. The first kappa shape index (κ1) is 21.4. The molecule has 2 aliphatic rings. The van der Waals surface area contributed by atoms with Crippen molar-refractivity contribution >= 4 is 17.3 Å². The third-order valence-electron chi connectivity index (χ3n) is 6.73. The van der Waals surface area contributed by atoms with Gasteiger partial charge in [-0.2, -0.15) is 15.4 Å². The summed E-state index contributed by atoms with van der Waals surface area (Å²) in [6.07, 6.45) is -0.428. The molecule has 8 heteroatoms. The molecule has 8 nitrogen and oxygen atoms in total. The van der Waals surface area contributed by atoms with Gasteiger partial charge in [-0.1, -0.05) is 42.5 Å². The predicted octanol–water partition coefficient (Wildman–Crippen LogP) is 3.85. The Labute approximate surface area is 203 Å². The Bertz CT molecular complexity index is 1360. The molecule has 3 heterocycles. The Morgan fingerprint density at radius 3 is 2.49 bits per heavy atom. The second-order valence-electron chi connectivity index (χ2n) is 8.79. The van der Waals surface area contributed by atoms with Gasteiger partial charge in [0.15, 0.2) is 0 Å². The molecule has 4 aromatic rings. The van der Waals surface area contributed by atoms with Crippen molar-refractivity contribution in [2.75, 3.05) is 43.2 Å². The lowest BCUT2D eigenvalue weighted by molar-refractivity contribution is 0.0927. The summed E-state index contributed by atoms with van der Waals surface area (Å²) < 4.78 is 5.46. The van der Waals surface area contributed by atoms with Gasteiger partial charge in [0, 0.05) is 31.4 Å². The maximum atomic E-state index is 12.8. The maximum absolute atomic E-state index is 12.8. The van der Waals surface area contributed by atoms with Crippen LogP contribution in [0.25, 0.3) is 22.4 Å². The Hall–Kier alpha value is -4.17. The number of hydrogen-bond acceptors (Lipinski definition) is 6. The van der Waals surface area contributed by atoms with Crippen molar-refractivity contribution in [2.45, 2.75) is 6.17 Å². The topological polar surface area (TPSA) is 86.4 Å². The van der Waals surface area contributed by atoms with Gasteiger partial charge in [0.25, 0.3) is 5.91 Å². The summed E-state index contributed by atoms with van der Waals surface area (Å²) in [5.41, 5.74) is 7.28. The summed E-state index contributed by atoms with van der Waals surface area (Å²) in [5.74, 6) is -0.119. The number of hydrogen-bond donors (Lipinski definition) is 2. The summed E-state index contributed by atoms with van der Waals surface area (Å²) in [7, 11) is 1.95. The predicted molar refractivity (Wildman–Crippen MR) is 135 cm³/mol. The highest BCUT2D eigenvalue weighted by Crippen LogP contribution is 2.35. The van der Waals surface area contributed by atoms with Crippen molar-refractivity contribution < 1.29 is 9.53 Å². The fourth-order valence-corrected chi connectivity index (χ4v) is 4.84. The van der Waals surface area contributed by atoms with Gasteiger partial charge in [0.05, 0.1) is 24.5 Å². The van der Waals surface area contributed by atoms with Crippen molar-refractivity contribution in [3.8, 4) is 22.4 Å². The lowest BCUT2D eigenvalue weighted by Crippen LogP contribution is -2.45. The number of benzene rings is 3. The molecule has 1 unspecified atom stereocenters. The standard InChI is InChI=1S/C27H26N6O2/c1-32-23-8-3-2-7-22(23)27(34)28-26(32)25-24(29-31-30-25)20-6-4-5-19(17-20)18-9-11-21(12-10-18)33-13-15-35-16-14-33/h2-12,17,26H,13-16H2,1H3,(H,28,34)(H,29,30,31). The zero-order chi connectivity index (χ0) is 23.8. The number of fused-ring (bicyclic) bond motifs is 1. The third-order valence-corrected chi connectivity index (χ3v) is 6.73. The van der Waals surface area contributed by atoms with Crippen LogP contribution in [-0.4, -0.2) is 54.7 Å². The Balaban J connectivity index is 1.30. The molecule has 1 aromatic heterocycles. The summed E-state index contributed by atoms with van der Waals surface area (Å²) in [4.78, 5) is 17.1. The van der Waals surface area contributed by atoms with Crippen molar-refractivity contribution in [1.29, 1.82) is 0 Å². The minimum absolute atomic E-state index is 0.119. The van der Waals surface area contributed by atoms with E-state index in [1.54, 1.807) is 0 Å². The number of carbonyl (C=O) groups excluding carboxylic acids is 1. The number of para-hydroxylation sites is 1. The number of morpholine rings is 1. The lowest BCUT2D eigenvalue weighted by Gasteiger charge is -2.35. The van der Waals surface area contributed by atoms with Gasteiger partial charge in [-0.05, 0) is 41.5 Å². The van der Waals surface area contributed by atoms with Crippen LogP contribution in [0.3, 0.4) is 0 Å². The first-order valence-electron chi connectivity index (χ1n) is 11.8. The zero-order valence-electron chi connectivity index (χ0n) is 19.4. The number of carbonyl (C=O) groups is 1. The van der Waals surface area contributed by atoms with Crippen LogP contribution in [0, 0.1) is 0 Å². The Morgan fingerprint density at radius 1 is 0.886 bits per heavy atom. The van der Waals surface area contributed by atoms with Crippen LogP contribution >= 0.6 is 0 Å². The molecule has 3 aromatic carbocycles. The van der Waals surface area contributed by atoms with Crippen molar-refractivity contribution in [2.24, 2.45) is 0 Å². The number of rotatable bonds is 4. The fourth-order valence-electron chi connectivity index (χ4n) is 4.84. The lowest BCUT2D eigenvalue weighted by atomic mass is 9.99. The maximum Gasteiger partial charge on any atom is 0.255 e. The van der Waals surface area contributed by atoms with Crippen LogP contribution < -0.4 is 15.1 Å². The van der Waals surface area contributed by atoms with E-state index in [-0.39, 0.29) is 5.91 Å². The van der Waals surface area contributed by atoms with Gasteiger partial charge in [-0.25, -0.2) is 0 Å². The van der Waals surface area contributed by atoms with Crippen LogP contribution in [0.1, 0.15) is 22.2 Å². The summed E-state index contributed by atoms with van der Waals surface area (Å²) >= 11 is 0. The number of nitrogens with zero attached hydrogens (tertiary/aromatic N) is 4. The first-order valence-corrected chi connectivity index (χ1v) is 11.8. The molecule has 1 amide bonds. The van der Waals surface area contributed by atoms with Gasteiger partial charge >= 0.3 is 0 Å². The highest BCUT2D eigenvalue weighted by molar-refractivity contribution is 6.02. The average Bonchev–Trinajstić information content (AvgIpc) is 3.41. The molecule has 176 valence electrons. The molecule has 0 radical (unpaired) electrons. The number of nitrogens with one attached hydrogen (secondary N) is 2. The number of ether oxygens (including phenoxy) is 1. The van der Waals surface area contributed by atoms with Crippen LogP contribution in [0.5, 0.6) is 0 Å². The Kier molecular flexibility index (Phi) is 5.42. The van der Waals surface area contributed by atoms with Crippen LogP contribution in [0.15, 0.2) is 72.8 Å². The fraction of sp³-hybridized carbons (Fsp3) is 0.222.